The number of benzene rings is 1. The Labute approximate surface area is 93.7 Å². The minimum absolute atomic E-state index is 0.118. The molecule has 0 bridgehead atoms. The third-order valence-corrected chi connectivity index (χ3v) is 2.38. The molecule has 1 unspecified atom stereocenters. The summed E-state index contributed by atoms with van der Waals surface area (Å²) in [5.74, 6) is -0.839. The van der Waals surface area contributed by atoms with Gasteiger partial charge in [0.2, 0.25) is 0 Å². The zero-order valence-corrected chi connectivity index (χ0v) is 9.50. The quantitative estimate of drug-likeness (QED) is 0.849. The van der Waals surface area contributed by atoms with E-state index in [1.54, 1.807) is 13.8 Å². The van der Waals surface area contributed by atoms with E-state index in [1.807, 2.05) is 0 Å². The first-order valence-electron chi connectivity index (χ1n) is 4.99. The van der Waals surface area contributed by atoms with Gasteiger partial charge in [0.25, 0.3) is 5.91 Å². The van der Waals surface area contributed by atoms with E-state index < -0.39 is 6.04 Å². The summed E-state index contributed by atoms with van der Waals surface area (Å²) in [5.41, 5.74) is 0.759. The van der Waals surface area contributed by atoms with E-state index in [0.717, 1.165) is 0 Å². The maximum Gasteiger partial charge on any atom is 0.251 e. The highest BCUT2D eigenvalue weighted by Crippen LogP contribution is 2.09. The Kier molecular flexibility index (Phi) is 3.77. The molecule has 1 aromatic carbocycles. The number of amides is 1. The van der Waals surface area contributed by atoms with E-state index in [9.17, 15) is 14.0 Å². The second kappa shape index (κ2) is 4.88. The van der Waals surface area contributed by atoms with E-state index in [1.165, 1.54) is 25.1 Å². The van der Waals surface area contributed by atoms with Gasteiger partial charge in [-0.15, -0.1) is 0 Å². The molecule has 1 atom stereocenters. The van der Waals surface area contributed by atoms with Crippen LogP contribution in [-0.2, 0) is 4.79 Å². The van der Waals surface area contributed by atoms with Gasteiger partial charge in [0.15, 0.2) is 5.78 Å². The SMILES string of the molecule is CC(=O)C(C)NC(=O)c1ccc(F)c(C)c1. The van der Waals surface area contributed by atoms with Crippen molar-refractivity contribution in [1.29, 1.82) is 0 Å². The number of hydrogen-bond donors (Lipinski definition) is 1. The summed E-state index contributed by atoms with van der Waals surface area (Å²) in [6.07, 6.45) is 0. The number of carbonyl (C=O) groups is 2. The molecule has 1 N–H and O–H groups in total. The van der Waals surface area contributed by atoms with Gasteiger partial charge in [-0.2, -0.15) is 0 Å². The highest BCUT2D eigenvalue weighted by Gasteiger charge is 2.13. The molecule has 0 aromatic heterocycles. The van der Waals surface area contributed by atoms with Crippen molar-refractivity contribution >= 4 is 11.7 Å². The van der Waals surface area contributed by atoms with Crippen LogP contribution in [0.4, 0.5) is 4.39 Å². The summed E-state index contributed by atoms with van der Waals surface area (Å²) in [6, 6.07) is 3.56. The third-order valence-electron chi connectivity index (χ3n) is 2.38. The Bertz CT molecular complexity index is 429. The van der Waals surface area contributed by atoms with E-state index in [-0.39, 0.29) is 17.5 Å². The average Bonchev–Trinajstić information content (AvgIpc) is 2.21. The molecule has 1 amide bonds. The molecule has 3 nitrogen and oxygen atoms in total. The molecule has 0 fully saturated rings. The topological polar surface area (TPSA) is 46.2 Å². The van der Waals surface area contributed by atoms with E-state index in [4.69, 9.17) is 0 Å². The lowest BCUT2D eigenvalue weighted by Crippen LogP contribution is -2.37. The minimum Gasteiger partial charge on any atom is -0.343 e. The van der Waals surface area contributed by atoms with Gasteiger partial charge in [-0.3, -0.25) is 9.59 Å². The summed E-state index contributed by atoms with van der Waals surface area (Å²) < 4.78 is 13.0. The number of Topliss-reactive ketones (excluding diaryl/α,β-unsaturated/α-hetero) is 1. The van der Waals surface area contributed by atoms with Crippen molar-refractivity contribution in [3.63, 3.8) is 0 Å². The maximum absolute atomic E-state index is 13.0. The van der Waals surface area contributed by atoms with Gasteiger partial charge in [0, 0.05) is 5.56 Å². The van der Waals surface area contributed by atoms with Crippen LogP contribution in [0.3, 0.4) is 0 Å². The molecule has 1 aromatic rings. The number of carbonyl (C=O) groups excluding carboxylic acids is 2. The van der Waals surface area contributed by atoms with Crippen LogP contribution in [0.1, 0.15) is 29.8 Å². The van der Waals surface area contributed by atoms with Crippen LogP contribution in [0.15, 0.2) is 18.2 Å². The third kappa shape index (κ3) is 2.89. The molecular formula is C12H14FNO2. The fraction of sp³-hybridized carbons (Fsp3) is 0.333. The predicted octanol–water partition coefficient (Wildman–Crippen LogP) is 1.84. The van der Waals surface area contributed by atoms with Crippen molar-refractivity contribution < 1.29 is 14.0 Å². The Hall–Kier alpha value is -1.71. The number of rotatable bonds is 3. The highest BCUT2D eigenvalue weighted by atomic mass is 19.1. The van der Waals surface area contributed by atoms with Crippen molar-refractivity contribution in [3.8, 4) is 0 Å². The fourth-order valence-corrected chi connectivity index (χ4v) is 1.17. The Balaban J connectivity index is 2.81. The monoisotopic (exact) mass is 223 g/mol. The van der Waals surface area contributed by atoms with Crippen LogP contribution in [0, 0.1) is 12.7 Å². The lowest BCUT2D eigenvalue weighted by molar-refractivity contribution is -0.118. The van der Waals surface area contributed by atoms with Gasteiger partial charge in [0.1, 0.15) is 5.82 Å². The zero-order valence-electron chi connectivity index (χ0n) is 9.50. The van der Waals surface area contributed by atoms with Crippen molar-refractivity contribution in [1.82, 2.24) is 5.32 Å². The summed E-state index contributed by atoms with van der Waals surface area (Å²) in [5, 5.41) is 2.53. The molecule has 1 rings (SSSR count). The smallest absolute Gasteiger partial charge is 0.251 e. The summed E-state index contributed by atoms with van der Waals surface area (Å²) >= 11 is 0. The molecule has 0 aliphatic rings. The lowest BCUT2D eigenvalue weighted by atomic mass is 10.1. The van der Waals surface area contributed by atoms with Gasteiger partial charge < -0.3 is 5.32 Å². The normalized spacial score (nSPS) is 12.0. The summed E-state index contributed by atoms with van der Waals surface area (Å²) in [6.45, 7) is 4.60. The van der Waals surface area contributed by atoms with Crippen molar-refractivity contribution in [2.75, 3.05) is 0 Å². The van der Waals surface area contributed by atoms with Crippen LogP contribution in [0.25, 0.3) is 0 Å². The van der Waals surface area contributed by atoms with Crippen molar-refractivity contribution in [2.45, 2.75) is 26.8 Å². The molecule has 0 saturated heterocycles. The molecule has 0 aliphatic heterocycles. The number of halogens is 1. The first-order chi connectivity index (χ1) is 7.41. The number of nitrogens with one attached hydrogen (secondary N) is 1. The van der Waals surface area contributed by atoms with Crippen LogP contribution in [0.2, 0.25) is 0 Å². The van der Waals surface area contributed by atoms with Gasteiger partial charge in [-0.1, -0.05) is 0 Å². The standard InChI is InChI=1S/C12H14FNO2/c1-7-6-10(4-5-11(7)13)12(16)14-8(2)9(3)15/h4-6,8H,1-3H3,(H,14,16). The molecule has 0 heterocycles. The number of hydrogen-bond acceptors (Lipinski definition) is 2. The number of aryl methyl sites for hydroxylation is 1. The number of ketones is 1. The molecule has 86 valence electrons. The second-order valence-electron chi connectivity index (χ2n) is 3.77. The molecule has 16 heavy (non-hydrogen) atoms. The van der Waals surface area contributed by atoms with Gasteiger partial charge in [-0.05, 0) is 44.5 Å². The summed E-state index contributed by atoms with van der Waals surface area (Å²) in [4.78, 5) is 22.6. The van der Waals surface area contributed by atoms with Crippen LogP contribution in [-0.4, -0.2) is 17.7 Å². The van der Waals surface area contributed by atoms with Crippen molar-refractivity contribution in [3.05, 3.63) is 35.1 Å². The van der Waals surface area contributed by atoms with Gasteiger partial charge >= 0.3 is 0 Å². The fourth-order valence-electron chi connectivity index (χ4n) is 1.17. The minimum atomic E-state index is -0.530. The average molecular weight is 223 g/mol. The highest BCUT2D eigenvalue weighted by molar-refractivity contribution is 5.97. The predicted molar refractivity (Wildman–Crippen MR) is 58.7 cm³/mol. The molecule has 0 spiro atoms. The maximum atomic E-state index is 13.0. The second-order valence-corrected chi connectivity index (χ2v) is 3.77. The first kappa shape index (κ1) is 12.4. The van der Waals surface area contributed by atoms with Crippen LogP contribution >= 0.6 is 0 Å². The molecule has 0 aliphatic carbocycles. The molecule has 0 radical (unpaired) electrons. The van der Waals surface area contributed by atoms with Gasteiger partial charge in [-0.25, -0.2) is 4.39 Å². The van der Waals surface area contributed by atoms with Crippen LogP contribution < -0.4 is 5.32 Å². The van der Waals surface area contributed by atoms with E-state index in [2.05, 4.69) is 5.32 Å². The van der Waals surface area contributed by atoms with Gasteiger partial charge in [0.05, 0.1) is 6.04 Å². The largest absolute Gasteiger partial charge is 0.343 e. The zero-order chi connectivity index (χ0) is 12.3. The van der Waals surface area contributed by atoms with E-state index >= 15 is 0 Å². The Morgan fingerprint density at radius 2 is 2.00 bits per heavy atom. The van der Waals surface area contributed by atoms with E-state index in [0.29, 0.717) is 11.1 Å². The molecular weight excluding hydrogens is 209 g/mol. The Morgan fingerprint density at radius 1 is 1.38 bits per heavy atom. The summed E-state index contributed by atoms with van der Waals surface area (Å²) in [7, 11) is 0. The van der Waals surface area contributed by atoms with Crippen LogP contribution in [0.5, 0.6) is 0 Å². The van der Waals surface area contributed by atoms with Crippen molar-refractivity contribution in [2.24, 2.45) is 0 Å². The first-order valence-corrected chi connectivity index (χ1v) is 4.99. The molecule has 0 saturated carbocycles. The lowest BCUT2D eigenvalue weighted by Gasteiger charge is -2.10. The Morgan fingerprint density at radius 3 is 2.50 bits per heavy atom. The molecule has 4 heteroatoms.